The zero-order valence-corrected chi connectivity index (χ0v) is 12.6. The number of hydrogen-bond donors (Lipinski definition) is 1. The number of aromatic nitrogens is 4. The summed E-state index contributed by atoms with van der Waals surface area (Å²) < 4.78 is 17.8. The van der Waals surface area contributed by atoms with Crippen LogP contribution in [0.1, 0.15) is 12.6 Å². The summed E-state index contributed by atoms with van der Waals surface area (Å²) in [5.74, 6) is -0.0160. The molecule has 0 saturated heterocycles. The quantitative estimate of drug-likeness (QED) is 0.781. The molecule has 3 rings (SSSR count). The van der Waals surface area contributed by atoms with Crippen LogP contribution in [0, 0.1) is 12.7 Å². The third kappa shape index (κ3) is 1.81. The van der Waals surface area contributed by atoms with Crippen LogP contribution in [-0.4, -0.2) is 19.3 Å². The van der Waals surface area contributed by atoms with Gasteiger partial charge in [-0.15, -0.1) is 0 Å². The van der Waals surface area contributed by atoms with Crippen molar-refractivity contribution in [1.82, 2.24) is 19.3 Å². The van der Waals surface area contributed by atoms with E-state index in [2.05, 4.69) is 26.0 Å². The molecule has 5 nitrogen and oxygen atoms in total. The lowest BCUT2D eigenvalue weighted by atomic mass is 10.3. The van der Waals surface area contributed by atoms with E-state index in [1.807, 2.05) is 18.5 Å². The molecule has 0 radical (unpaired) electrons. The van der Waals surface area contributed by atoms with Crippen molar-refractivity contribution in [2.45, 2.75) is 20.4 Å². The van der Waals surface area contributed by atoms with Crippen LogP contribution >= 0.6 is 15.9 Å². The number of hydrogen-bond acceptors (Lipinski definition) is 3. The number of nitrogens with zero attached hydrogens (tertiary/aromatic N) is 4. The summed E-state index contributed by atoms with van der Waals surface area (Å²) in [5.41, 5.74) is 8.93. The van der Waals surface area contributed by atoms with E-state index >= 15 is 0 Å². The summed E-state index contributed by atoms with van der Waals surface area (Å²) in [7, 11) is 0. The van der Waals surface area contributed by atoms with E-state index in [9.17, 15) is 4.39 Å². The first kappa shape index (κ1) is 13.1. The number of nitrogen functional groups attached to an aromatic ring is 1. The van der Waals surface area contributed by atoms with Crippen LogP contribution in [0.4, 0.5) is 10.3 Å². The number of halogens is 2. The van der Waals surface area contributed by atoms with Gasteiger partial charge >= 0.3 is 0 Å². The fourth-order valence-electron chi connectivity index (χ4n) is 2.30. The van der Waals surface area contributed by atoms with E-state index in [4.69, 9.17) is 5.73 Å². The van der Waals surface area contributed by atoms with E-state index in [-0.39, 0.29) is 5.82 Å². The molecule has 3 aromatic rings. The average molecular weight is 338 g/mol. The number of benzene rings is 1. The second-order valence-electron chi connectivity index (χ2n) is 4.47. The van der Waals surface area contributed by atoms with Crippen molar-refractivity contribution in [3.63, 3.8) is 0 Å². The molecule has 2 N–H and O–H groups in total. The van der Waals surface area contributed by atoms with Gasteiger partial charge in [0.15, 0.2) is 5.65 Å². The molecule has 7 heteroatoms. The van der Waals surface area contributed by atoms with Crippen molar-refractivity contribution in [3.05, 3.63) is 34.2 Å². The van der Waals surface area contributed by atoms with Gasteiger partial charge in [0.05, 0.1) is 11.4 Å². The highest BCUT2D eigenvalue weighted by atomic mass is 79.9. The van der Waals surface area contributed by atoms with Crippen LogP contribution in [0.2, 0.25) is 0 Å². The standard InChI is InChI=1S/C13H13BrFN5/c1-3-19-12-11(7(2)18-19)17-13(16)20(12)10-6-8(15)4-5-9(10)14/h4-6H,3H2,1-2H3,(H2,16,17). The van der Waals surface area contributed by atoms with Gasteiger partial charge in [0, 0.05) is 11.0 Å². The Bertz CT molecular complexity index is 805. The Labute approximate surface area is 123 Å². The van der Waals surface area contributed by atoms with Gasteiger partial charge in [-0.25, -0.2) is 14.1 Å². The predicted octanol–water partition coefficient (Wildman–Crippen LogP) is 3.03. The Morgan fingerprint density at radius 2 is 2.15 bits per heavy atom. The molecule has 0 amide bonds. The number of fused-ring (bicyclic) bond motifs is 1. The molecule has 0 fully saturated rings. The molecule has 0 aliphatic rings. The first-order valence-electron chi connectivity index (χ1n) is 6.19. The van der Waals surface area contributed by atoms with Gasteiger partial charge in [-0.3, -0.25) is 4.57 Å². The first-order valence-corrected chi connectivity index (χ1v) is 6.99. The topological polar surface area (TPSA) is 61.7 Å². The minimum absolute atomic E-state index is 0.314. The summed E-state index contributed by atoms with van der Waals surface area (Å²) in [4.78, 5) is 4.34. The zero-order valence-electron chi connectivity index (χ0n) is 11.1. The van der Waals surface area contributed by atoms with E-state index in [1.165, 1.54) is 12.1 Å². The van der Waals surface area contributed by atoms with Gasteiger partial charge in [0.25, 0.3) is 0 Å². The van der Waals surface area contributed by atoms with Gasteiger partial charge in [0.1, 0.15) is 11.3 Å². The Kier molecular flexibility index (Phi) is 3.01. The van der Waals surface area contributed by atoms with Crippen molar-refractivity contribution >= 4 is 33.0 Å². The monoisotopic (exact) mass is 337 g/mol. The third-order valence-electron chi connectivity index (χ3n) is 3.19. The number of imidazole rings is 1. The van der Waals surface area contributed by atoms with Crippen molar-refractivity contribution in [1.29, 1.82) is 0 Å². The maximum atomic E-state index is 13.5. The normalized spacial score (nSPS) is 11.4. The summed E-state index contributed by atoms with van der Waals surface area (Å²) >= 11 is 3.42. The number of rotatable bonds is 2. The smallest absolute Gasteiger partial charge is 0.207 e. The second-order valence-corrected chi connectivity index (χ2v) is 5.33. The van der Waals surface area contributed by atoms with Gasteiger partial charge in [-0.05, 0) is 48.0 Å². The lowest BCUT2D eigenvalue weighted by Gasteiger charge is -2.10. The van der Waals surface area contributed by atoms with Crippen LogP contribution < -0.4 is 5.73 Å². The molecular weight excluding hydrogens is 325 g/mol. The second kappa shape index (κ2) is 4.59. The zero-order chi connectivity index (χ0) is 14.4. The molecule has 0 bridgehead atoms. The fourth-order valence-corrected chi connectivity index (χ4v) is 2.72. The van der Waals surface area contributed by atoms with Crippen molar-refractivity contribution in [3.8, 4) is 5.69 Å². The molecular formula is C13H13BrFN5. The molecule has 0 aliphatic heterocycles. The molecule has 0 aliphatic carbocycles. The minimum Gasteiger partial charge on any atom is -0.369 e. The molecule has 1 aromatic carbocycles. The Morgan fingerprint density at radius 1 is 1.40 bits per heavy atom. The summed E-state index contributed by atoms with van der Waals surface area (Å²) in [6, 6.07) is 4.46. The Balaban J connectivity index is 2.41. The summed E-state index contributed by atoms with van der Waals surface area (Å²) in [5, 5.41) is 4.42. The van der Waals surface area contributed by atoms with Gasteiger partial charge in [-0.2, -0.15) is 5.10 Å². The van der Waals surface area contributed by atoms with E-state index in [1.54, 1.807) is 10.6 Å². The Hall–Kier alpha value is -1.89. The van der Waals surface area contributed by atoms with Crippen LogP contribution in [0.5, 0.6) is 0 Å². The van der Waals surface area contributed by atoms with Gasteiger partial charge in [0.2, 0.25) is 5.95 Å². The largest absolute Gasteiger partial charge is 0.369 e. The molecule has 0 saturated carbocycles. The van der Waals surface area contributed by atoms with Crippen LogP contribution in [0.15, 0.2) is 22.7 Å². The van der Waals surface area contributed by atoms with Crippen LogP contribution in [0.3, 0.4) is 0 Å². The average Bonchev–Trinajstić information content (AvgIpc) is 2.90. The fraction of sp³-hybridized carbons (Fsp3) is 0.231. The molecule has 2 aromatic heterocycles. The lowest BCUT2D eigenvalue weighted by Crippen LogP contribution is -2.07. The van der Waals surface area contributed by atoms with Crippen molar-refractivity contribution in [2.24, 2.45) is 0 Å². The molecule has 20 heavy (non-hydrogen) atoms. The van der Waals surface area contributed by atoms with E-state index < -0.39 is 0 Å². The first-order chi connectivity index (χ1) is 9.52. The number of aryl methyl sites for hydroxylation is 2. The minimum atomic E-state index is -0.330. The maximum Gasteiger partial charge on any atom is 0.207 e. The SMILES string of the molecule is CCn1nc(C)c2nc(N)n(-c3cc(F)ccc3Br)c21. The van der Waals surface area contributed by atoms with Crippen LogP contribution in [-0.2, 0) is 6.54 Å². The highest BCUT2D eigenvalue weighted by Crippen LogP contribution is 2.30. The lowest BCUT2D eigenvalue weighted by molar-refractivity contribution is 0.625. The summed E-state index contributed by atoms with van der Waals surface area (Å²) in [6.07, 6.45) is 0. The van der Waals surface area contributed by atoms with E-state index in [0.717, 1.165) is 21.3 Å². The number of nitrogens with two attached hydrogens (primary N) is 1. The molecule has 2 heterocycles. The molecule has 104 valence electrons. The van der Waals surface area contributed by atoms with E-state index in [0.29, 0.717) is 18.2 Å². The van der Waals surface area contributed by atoms with Crippen LogP contribution in [0.25, 0.3) is 16.9 Å². The molecule has 0 unspecified atom stereocenters. The predicted molar refractivity (Wildman–Crippen MR) is 79.3 cm³/mol. The van der Waals surface area contributed by atoms with Crippen molar-refractivity contribution < 1.29 is 4.39 Å². The number of anilines is 1. The van der Waals surface area contributed by atoms with Gasteiger partial charge < -0.3 is 5.73 Å². The highest BCUT2D eigenvalue weighted by Gasteiger charge is 2.19. The molecule has 0 spiro atoms. The maximum absolute atomic E-state index is 13.5. The Morgan fingerprint density at radius 3 is 2.85 bits per heavy atom. The summed E-state index contributed by atoms with van der Waals surface area (Å²) in [6.45, 7) is 4.55. The molecule has 0 atom stereocenters. The third-order valence-corrected chi connectivity index (χ3v) is 3.86. The van der Waals surface area contributed by atoms with Gasteiger partial charge in [-0.1, -0.05) is 0 Å². The highest BCUT2D eigenvalue weighted by molar-refractivity contribution is 9.10. The van der Waals surface area contributed by atoms with Crippen molar-refractivity contribution in [2.75, 3.05) is 5.73 Å².